The topological polar surface area (TPSA) is 51.2 Å². The van der Waals surface area contributed by atoms with Crippen molar-refractivity contribution >= 4 is 45.3 Å². The molecule has 1 aromatic heterocycles. The lowest BCUT2D eigenvalue weighted by Crippen LogP contribution is -2.50. The number of allylic oxidation sites excluding steroid dienone is 2. The zero-order valence-corrected chi connectivity index (χ0v) is 23.9. The van der Waals surface area contributed by atoms with Gasteiger partial charge in [0.15, 0.2) is 5.13 Å². The Balaban J connectivity index is 1.24. The number of halogens is 1. The van der Waals surface area contributed by atoms with Gasteiger partial charge in [-0.1, -0.05) is 68.3 Å². The maximum Gasteiger partial charge on any atom is 0.306 e. The zero-order valence-electron chi connectivity index (χ0n) is 22.3. The highest BCUT2D eigenvalue weighted by Crippen LogP contribution is 2.66. The number of thiazole rings is 1. The van der Waals surface area contributed by atoms with Gasteiger partial charge in [0, 0.05) is 11.8 Å². The van der Waals surface area contributed by atoms with Crippen LogP contribution in [0.4, 0.5) is 10.8 Å². The number of hydrogen-bond donors (Lipinski definition) is 1. The van der Waals surface area contributed by atoms with E-state index < -0.39 is 0 Å². The van der Waals surface area contributed by atoms with Crippen molar-refractivity contribution in [1.82, 2.24) is 4.98 Å². The second kappa shape index (κ2) is 9.72. The first-order chi connectivity index (χ1) is 17.8. The van der Waals surface area contributed by atoms with E-state index in [1.807, 2.05) is 24.3 Å². The number of aryl methyl sites for hydroxylation is 1. The molecule has 198 valence electrons. The average Bonchev–Trinajstić information content (AvgIpc) is 3.44. The predicted molar refractivity (Wildman–Crippen MR) is 152 cm³/mol. The molecule has 6 rings (SSSR count). The highest BCUT2D eigenvalue weighted by Gasteiger charge is 2.60. The molecule has 0 spiro atoms. The summed E-state index contributed by atoms with van der Waals surface area (Å²) < 4.78 is 6.13. The van der Waals surface area contributed by atoms with Gasteiger partial charge in [-0.2, -0.15) is 0 Å². The summed E-state index contributed by atoms with van der Waals surface area (Å²) in [5.74, 6) is 2.03. The van der Waals surface area contributed by atoms with E-state index in [4.69, 9.17) is 21.3 Å². The molecule has 1 aromatic carbocycles. The first-order valence-electron chi connectivity index (χ1n) is 14.2. The SMILES string of the molecule is CCCCC(=O)O[C@H]1CC[C@H]2[C@@H]3CC=C4c5sc(Nc6ccccc6Cl)nc5CC[C@]4(C)[C@H]3CC[C@]12C. The van der Waals surface area contributed by atoms with Gasteiger partial charge in [-0.05, 0) is 92.2 Å². The van der Waals surface area contributed by atoms with Gasteiger partial charge < -0.3 is 10.1 Å². The Morgan fingerprint density at radius 1 is 1.19 bits per heavy atom. The number of ether oxygens (including phenoxy) is 1. The number of para-hydroxylation sites is 1. The molecule has 0 aliphatic heterocycles. The van der Waals surface area contributed by atoms with Gasteiger partial charge >= 0.3 is 5.97 Å². The minimum Gasteiger partial charge on any atom is -0.462 e. The Labute approximate surface area is 230 Å². The normalized spacial score (nSPS) is 34.0. The van der Waals surface area contributed by atoms with Gasteiger partial charge in [-0.15, -0.1) is 0 Å². The summed E-state index contributed by atoms with van der Waals surface area (Å²) in [5, 5.41) is 5.12. The average molecular weight is 539 g/mol. The molecule has 4 nitrogen and oxygen atoms in total. The second-order valence-electron chi connectivity index (χ2n) is 12.3. The van der Waals surface area contributed by atoms with E-state index in [2.05, 4.69) is 32.2 Å². The lowest BCUT2D eigenvalue weighted by Gasteiger charge is -2.56. The number of fused-ring (bicyclic) bond motifs is 7. The number of unbranched alkanes of at least 4 members (excludes halogenated alkanes) is 1. The van der Waals surface area contributed by atoms with E-state index in [-0.39, 0.29) is 22.9 Å². The van der Waals surface area contributed by atoms with Crippen molar-refractivity contribution < 1.29 is 9.53 Å². The smallest absolute Gasteiger partial charge is 0.306 e. The predicted octanol–water partition coefficient (Wildman–Crippen LogP) is 8.82. The van der Waals surface area contributed by atoms with Crippen molar-refractivity contribution in [1.29, 1.82) is 0 Å². The molecule has 2 fully saturated rings. The lowest BCUT2D eigenvalue weighted by atomic mass is 9.48. The molecular formula is C31H39ClN2O2S. The van der Waals surface area contributed by atoms with Crippen LogP contribution in [0.1, 0.15) is 89.1 Å². The Morgan fingerprint density at radius 3 is 2.84 bits per heavy atom. The molecule has 0 saturated heterocycles. The van der Waals surface area contributed by atoms with Crippen LogP contribution in [0, 0.1) is 28.6 Å². The number of carbonyl (C=O) groups is 1. The third-order valence-electron chi connectivity index (χ3n) is 10.3. The fraction of sp³-hybridized carbons (Fsp3) is 0.613. The Bertz CT molecular complexity index is 1220. The third-order valence-corrected chi connectivity index (χ3v) is 11.7. The molecule has 4 aliphatic rings. The molecule has 0 amide bonds. The summed E-state index contributed by atoms with van der Waals surface area (Å²) >= 11 is 8.19. The van der Waals surface area contributed by atoms with Crippen molar-refractivity contribution in [2.45, 2.75) is 91.1 Å². The first kappa shape index (κ1) is 25.4. The molecule has 0 unspecified atom stereocenters. The van der Waals surface area contributed by atoms with Crippen LogP contribution in [0.25, 0.3) is 5.57 Å². The fourth-order valence-electron chi connectivity index (χ4n) is 8.29. The number of rotatable bonds is 6. The van der Waals surface area contributed by atoms with Gasteiger partial charge in [0.2, 0.25) is 0 Å². The number of nitrogens with zero attached hydrogens (tertiary/aromatic N) is 1. The van der Waals surface area contributed by atoms with Crippen LogP contribution >= 0.6 is 22.9 Å². The molecule has 0 radical (unpaired) electrons. The summed E-state index contributed by atoms with van der Waals surface area (Å²) in [6.07, 6.45) is 13.1. The van der Waals surface area contributed by atoms with Gasteiger partial charge in [0.05, 0.1) is 21.3 Å². The number of nitrogens with one attached hydrogen (secondary N) is 1. The Hall–Kier alpha value is -1.85. The van der Waals surface area contributed by atoms with E-state index >= 15 is 0 Å². The molecule has 2 aromatic rings. The van der Waals surface area contributed by atoms with E-state index in [1.165, 1.54) is 41.8 Å². The van der Waals surface area contributed by atoms with Crippen LogP contribution in [0.3, 0.4) is 0 Å². The van der Waals surface area contributed by atoms with Gasteiger partial charge in [0.25, 0.3) is 0 Å². The molecule has 1 heterocycles. The maximum absolute atomic E-state index is 12.5. The van der Waals surface area contributed by atoms with Crippen LogP contribution < -0.4 is 5.32 Å². The lowest BCUT2D eigenvalue weighted by molar-refractivity contribution is -0.159. The number of aromatic nitrogens is 1. The van der Waals surface area contributed by atoms with Crippen molar-refractivity contribution in [2.75, 3.05) is 5.32 Å². The summed E-state index contributed by atoms with van der Waals surface area (Å²) in [5.41, 5.74) is 4.00. The molecule has 1 N–H and O–H groups in total. The van der Waals surface area contributed by atoms with Gasteiger partial charge in [0.1, 0.15) is 6.10 Å². The summed E-state index contributed by atoms with van der Waals surface area (Å²) in [6, 6.07) is 7.87. The Morgan fingerprint density at radius 2 is 2.03 bits per heavy atom. The zero-order chi connectivity index (χ0) is 25.8. The van der Waals surface area contributed by atoms with E-state index in [0.29, 0.717) is 24.2 Å². The van der Waals surface area contributed by atoms with E-state index in [1.54, 1.807) is 11.3 Å². The highest BCUT2D eigenvalue weighted by molar-refractivity contribution is 7.16. The molecule has 6 atom stereocenters. The second-order valence-corrected chi connectivity index (χ2v) is 13.7. The standard InChI is InChI=1S/C31H39ClN2O2S/c1-4-5-10-27(35)36-26-14-13-20-19-11-12-22-28-25(16-18-30(22,2)21(19)15-17-31(20,26)3)34-29(37-28)33-24-9-7-6-8-23(24)32/h6-9,12,19-21,26H,4-5,10-11,13-18H2,1-3H3,(H,33,34)/t19-,20-,21-,26-,30+,31-/m0/s1. The fourth-order valence-corrected chi connectivity index (χ4v) is 9.68. The molecule has 4 aliphatic carbocycles. The van der Waals surface area contributed by atoms with Crippen molar-refractivity contribution in [3.05, 3.63) is 45.9 Å². The third kappa shape index (κ3) is 4.25. The van der Waals surface area contributed by atoms with Crippen LogP contribution in [0.2, 0.25) is 5.02 Å². The monoisotopic (exact) mass is 538 g/mol. The highest BCUT2D eigenvalue weighted by atomic mass is 35.5. The quantitative estimate of drug-likeness (QED) is 0.373. The summed E-state index contributed by atoms with van der Waals surface area (Å²) in [6.45, 7) is 7.08. The van der Waals surface area contributed by atoms with Crippen molar-refractivity contribution in [3.63, 3.8) is 0 Å². The minimum absolute atomic E-state index is 0.0137. The Kier molecular flexibility index (Phi) is 6.68. The number of anilines is 2. The molecule has 0 bridgehead atoms. The van der Waals surface area contributed by atoms with Crippen molar-refractivity contribution in [2.24, 2.45) is 28.6 Å². The minimum atomic E-state index is 0.0137. The molecule has 2 saturated carbocycles. The molecular weight excluding hydrogens is 500 g/mol. The van der Waals surface area contributed by atoms with Crippen LogP contribution in [0.5, 0.6) is 0 Å². The van der Waals surface area contributed by atoms with E-state index in [9.17, 15) is 4.79 Å². The van der Waals surface area contributed by atoms with Crippen LogP contribution in [0.15, 0.2) is 30.3 Å². The maximum atomic E-state index is 12.5. The van der Waals surface area contributed by atoms with Crippen LogP contribution in [-0.2, 0) is 16.0 Å². The molecule has 37 heavy (non-hydrogen) atoms. The number of esters is 1. The van der Waals surface area contributed by atoms with E-state index in [0.717, 1.165) is 47.9 Å². The first-order valence-corrected chi connectivity index (χ1v) is 15.4. The summed E-state index contributed by atoms with van der Waals surface area (Å²) in [4.78, 5) is 18.9. The number of carbonyl (C=O) groups excluding carboxylic acids is 1. The van der Waals surface area contributed by atoms with Gasteiger partial charge in [-0.25, -0.2) is 4.98 Å². The number of hydrogen-bond acceptors (Lipinski definition) is 5. The number of benzene rings is 1. The van der Waals surface area contributed by atoms with Crippen LogP contribution in [-0.4, -0.2) is 17.1 Å². The molecule has 6 heteroatoms. The summed E-state index contributed by atoms with van der Waals surface area (Å²) in [7, 11) is 0. The van der Waals surface area contributed by atoms with Gasteiger partial charge in [-0.3, -0.25) is 4.79 Å². The largest absolute Gasteiger partial charge is 0.462 e. The van der Waals surface area contributed by atoms with Crippen molar-refractivity contribution in [3.8, 4) is 0 Å².